The molecule has 1 fully saturated rings. The van der Waals surface area contributed by atoms with Gasteiger partial charge in [-0.1, -0.05) is 5.21 Å². The third-order valence-corrected chi connectivity index (χ3v) is 2.97. The summed E-state index contributed by atoms with van der Waals surface area (Å²) in [7, 11) is 0. The van der Waals surface area contributed by atoms with Crippen molar-refractivity contribution in [3.05, 3.63) is 11.9 Å². The van der Waals surface area contributed by atoms with Crippen molar-refractivity contribution in [2.75, 3.05) is 26.3 Å². The van der Waals surface area contributed by atoms with Crippen LogP contribution in [0.25, 0.3) is 0 Å². The normalized spacial score (nSPS) is 17.2. The molecule has 1 aromatic heterocycles. The molecule has 0 saturated carbocycles. The SMILES string of the molecule is CC(C(=O)N1CCOCC1)n1cc(CC(=O)O)nn1. The van der Waals surface area contributed by atoms with E-state index < -0.39 is 12.0 Å². The Balaban J connectivity index is 2.01. The number of nitrogens with zero attached hydrogens (tertiary/aromatic N) is 4. The molecule has 19 heavy (non-hydrogen) atoms. The van der Waals surface area contributed by atoms with E-state index in [0.717, 1.165) is 0 Å². The van der Waals surface area contributed by atoms with E-state index in [1.807, 2.05) is 0 Å². The zero-order valence-electron chi connectivity index (χ0n) is 10.7. The summed E-state index contributed by atoms with van der Waals surface area (Å²) in [6.45, 7) is 3.94. The van der Waals surface area contributed by atoms with Gasteiger partial charge in [-0.25, -0.2) is 4.68 Å². The van der Waals surface area contributed by atoms with E-state index >= 15 is 0 Å². The summed E-state index contributed by atoms with van der Waals surface area (Å²) in [5.41, 5.74) is 0.342. The molecule has 1 aliphatic heterocycles. The van der Waals surface area contributed by atoms with Crippen LogP contribution in [0.3, 0.4) is 0 Å². The van der Waals surface area contributed by atoms with Crippen molar-refractivity contribution >= 4 is 11.9 Å². The maximum atomic E-state index is 12.2. The molecule has 8 heteroatoms. The average Bonchev–Trinajstić information content (AvgIpc) is 2.85. The van der Waals surface area contributed by atoms with Crippen LogP contribution in [-0.2, 0) is 20.7 Å². The molecule has 0 bridgehead atoms. The molecule has 2 rings (SSSR count). The molecule has 8 nitrogen and oxygen atoms in total. The second kappa shape index (κ2) is 5.79. The molecule has 1 aromatic rings. The Kier molecular flexibility index (Phi) is 4.10. The summed E-state index contributed by atoms with van der Waals surface area (Å²) in [5.74, 6) is -1.03. The standard InChI is InChI=1S/C11H16N4O4/c1-8(11(18)14-2-4-19-5-3-14)15-7-9(12-13-15)6-10(16)17/h7-8H,2-6H2,1H3,(H,16,17). The quantitative estimate of drug-likeness (QED) is 0.777. The smallest absolute Gasteiger partial charge is 0.309 e. The summed E-state index contributed by atoms with van der Waals surface area (Å²) in [4.78, 5) is 24.5. The fourth-order valence-corrected chi connectivity index (χ4v) is 1.90. The molecule has 0 radical (unpaired) electrons. The van der Waals surface area contributed by atoms with E-state index in [9.17, 15) is 9.59 Å². The van der Waals surface area contributed by atoms with Gasteiger partial charge in [-0.2, -0.15) is 0 Å². The maximum absolute atomic E-state index is 12.2. The van der Waals surface area contributed by atoms with E-state index in [4.69, 9.17) is 9.84 Å². The van der Waals surface area contributed by atoms with Crippen molar-refractivity contribution in [2.45, 2.75) is 19.4 Å². The minimum Gasteiger partial charge on any atom is -0.481 e. The zero-order valence-corrected chi connectivity index (χ0v) is 10.7. The van der Waals surface area contributed by atoms with Gasteiger partial charge in [0.05, 0.1) is 25.3 Å². The Morgan fingerprint density at radius 1 is 1.47 bits per heavy atom. The molecular formula is C11H16N4O4. The number of aliphatic carboxylic acids is 1. The highest BCUT2D eigenvalue weighted by molar-refractivity contribution is 5.80. The van der Waals surface area contributed by atoms with E-state index in [-0.39, 0.29) is 12.3 Å². The summed E-state index contributed by atoms with van der Waals surface area (Å²) in [5, 5.41) is 16.2. The van der Waals surface area contributed by atoms with Gasteiger partial charge < -0.3 is 14.7 Å². The number of hydrogen-bond acceptors (Lipinski definition) is 5. The number of amides is 1. The number of hydrogen-bond donors (Lipinski definition) is 1. The monoisotopic (exact) mass is 268 g/mol. The molecule has 0 aromatic carbocycles. The lowest BCUT2D eigenvalue weighted by Gasteiger charge is -2.29. The van der Waals surface area contributed by atoms with Crippen molar-refractivity contribution in [2.24, 2.45) is 0 Å². The van der Waals surface area contributed by atoms with Crippen molar-refractivity contribution in [3.63, 3.8) is 0 Å². The van der Waals surface area contributed by atoms with Crippen LogP contribution in [0, 0.1) is 0 Å². The van der Waals surface area contributed by atoms with Crippen LogP contribution >= 0.6 is 0 Å². The number of carboxylic acids is 1. The van der Waals surface area contributed by atoms with Gasteiger partial charge in [-0.05, 0) is 6.92 Å². The summed E-state index contributed by atoms with van der Waals surface area (Å²) in [6, 6.07) is -0.492. The Morgan fingerprint density at radius 3 is 2.79 bits per heavy atom. The second-order valence-corrected chi connectivity index (χ2v) is 4.37. The lowest BCUT2D eigenvalue weighted by atomic mass is 10.2. The fraction of sp³-hybridized carbons (Fsp3) is 0.636. The molecule has 104 valence electrons. The van der Waals surface area contributed by atoms with Crippen LogP contribution < -0.4 is 0 Å². The molecule has 1 atom stereocenters. The molecule has 0 aliphatic carbocycles. The van der Waals surface area contributed by atoms with Crippen molar-refractivity contribution < 1.29 is 19.4 Å². The molecule has 1 aliphatic rings. The van der Waals surface area contributed by atoms with Crippen molar-refractivity contribution in [3.8, 4) is 0 Å². The minimum atomic E-state index is -0.973. The Morgan fingerprint density at radius 2 is 2.16 bits per heavy atom. The van der Waals surface area contributed by atoms with Gasteiger partial charge in [-0.15, -0.1) is 5.10 Å². The highest BCUT2D eigenvalue weighted by atomic mass is 16.5. The van der Waals surface area contributed by atoms with E-state index in [1.54, 1.807) is 11.8 Å². The highest BCUT2D eigenvalue weighted by Crippen LogP contribution is 2.11. The van der Waals surface area contributed by atoms with Crippen LogP contribution in [0.1, 0.15) is 18.7 Å². The van der Waals surface area contributed by atoms with Crippen LogP contribution in [0.5, 0.6) is 0 Å². The van der Waals surface area contributed by atoms with Crippen molar-refractivity contribution in [1.82, 2.24) is 19.9 Å². The van der Waals surface area contributed by atoms with Crippen LogP contribution in [0.15, 0.2) is 6.20 Å². The lowest BCUT2D eigenvalue weighted by Crippen LogP contribution is -2.43. The first kappa shape index (κ1) is 13.5. The fourth-order valence-electron chi connectivity index (χ4n) is 1.90. The zero-order chi connectivity index (χ0) is 13.8. The van der Waals surface area contributed by atoms with Crippen molar-refractivity contribution in [1.29, 1.82) is 0 Å². The van der Waals surface area contributed by atoms with Gasteiger partial charge in [0.1, 0.15) is 6.04 Å². The van der Waals surface area contributed by atoms with Gasteiger partial charge in [0.15, 0.2) is 0 Å². The number of ether oxygens (including phenoxy) is 1. The number of carboxylic acid groups (broad SMARTS) is 1. The number of morpholine rings is 1. The Bertz CT molecular complexity index is 467. The summed E-state index contributed by atoms with van der Waals surface area (Å²) in [6.07, 6.45) is 1.30. The van der Waals surface area contributed by atoms with Crippen LogP contribution in [-0.4, -0.2) is 63.2 Å². The number of aromatic nitrogens is 3. The summed E-state index contributed by atoms with van der Waals surface area (Å²) < 4.78 is 6.59. The van der Waals surface area contributed by atoms with Crippen LogP contribution in [0.2, 0.25) is 0 Å². The first-order valence-electron chi connectivity index (χ1n) is 6.07. The average molecular weight is 268 g/mol. The van der Waals surface area contributed by atoms with E-state index in [2.05, 4.69) is 10.3 Å². The molecule has 1 saturated heterocycles. The predicted octanol–water partition coefficient (Wildman–Crippen LogP) is -0.675. The molecule has 2 heterocycles. The molecule has 0 spiro atoms. The maximum Gasteiger partial charge on any atom is 0.309 e. The Labute approximate surface area is 109 Å². The molecular weight excluding hydrogens is 252 g/mol. The van der Waals surface area contributed by atoms with Gasteiger partial charge in [0.25, 0.3) is 0 Å². The van der Waals surface area contributed by atoms with Crippen LogP contribution in [0.4, 0.5) is 0 Å². The van der Waals surface area contributed by atoms with Gasteiger partial charge in [0.2, 0.25) is 5.91 Å². The third-order valence-electron chi connectivity index (χ3n) is 2.97. The molecule has 1 unspecified atom stereocenters. The minimum absolute atomic E-state index is 0.0601. The Hall–Kier alpha value is -1.96. The highest BCUT2D eigenvalue weighted by Gasteiger charge is 2.24. The predicted molar refractivity (Wildman–Crippen MR) is 63.5 cm³/mol. The van der Waals surface area contributed by atoms with Gasteiger partial charge in [0, 0.05) is 19.3 Å². The number of rotatable bonds is 4. The van der Waals surface area contributed by atoms with E-state index in [0.29, 0.717) is 32.0 Å². The second-order valence-electron chi connectivity index (χ2n) is 4.37. The number of carbonyl (C=O) groups is 2. The molecule has 1 N–H and O–H groups in total. The first-order valence-corrected chi connectivity index (χ1v) is 6.07. The topological polar surface area (TPSA) is 97.5 Å². The first-order chi connectivity index (χ1) is 9.08. The molecule has 1 amide bonds. The largest absolute Gasteiger partial charge is 0.481 e. The summed E-state index contributed by atoms with van der Waals surface area (Å²) >= 11 is 0. The third kappa shape index (κ3) is 3.28. The lowest BCUT2D eigenvalue weighted by molar-refractivity contribution is -0.138. The number of carbonyl (C=O) groups excluding carboxylic acids is 1. The van der Waals surface area contributed by atoms with Gasteiger partial charge >= 0.3 is 5.97 Å². The van der Waals surface area contributed by atoms with E-state index in [1.165, 1.54) is 10.9 Å². The van der Waals surface area contributed by atoms with Gasteiger partial charge in [-0.3, -0.25) is 9.59 Å².